The van der Waals surface area contributed by atoms with Crippen LogP contribution in [0.4, 0.5) is 0 Å². The molecular formula is C17H20N2O3. The maximum atomic E-state index is 12.6. The van der Waals surface area contributed by atoms with Crippen LogP contribution in [-0.4, -0.2) is 17.8 Å². The number of nitrogens with zero attached hydrogens (tertiary/aromatic N) is 1. The smallest absolute Gasteiger partial charge is 0.255 e. The van der Waals surface area contributed by atoms with E-state index in [0.717, 1.165) is 28.3 Å². The number of benzene rings is 1. The fourth-order valence-corrected chi connectivity index (χ4v) is 2.82. The van der Waals surface area contributed by atoms with Crippen LogP contribution < -0.4 is 20.8 Å². The Morgan fingerprint density at radius 2 is 1.91 bits per heavy atom. The van der Waals surface area contributed by atoms with Gasteiger partial charge in [-0.25, -0.2) is 0 Å². The third-order valence-corrected chi connectivity index (χ3v) is 3.98. The molecule has 0 bridgehead atoms. The number of ether oxygens (including phenoxy) is 2. The second-order valence-corrected chi connectivity index (χ2v) is 5.30. The summed E-state index contributed by atoms with van der Waals surface area (Å²) >= 11 is 0. The van der Waals surface area contributed by atoms with E-state index in [4.69, 9.17) is 15.2 Å². The van der Waals surface area contributed by atoms with Crippen LogP contribution in [0, 0.1) is 6.92 Å². The summed E-state index contributed by atoms with van der Waals surface area (Å²) in [6.45, 7) is 5.84. The molecule has 0 atom stereocenters. The van der Waals surface area contributed by atoms with Crippen LogP contribution >= 0.6 is 0 Å². The molecule has 116 valence electrons. The summed E-state index contributed by atoms with van der Waals surface area (Å²) in [5.74, 6) is 1.47. The molecule has 0 radical (unpaired) electrons. The summed E-state index contributed by atoms with van der Waals surface area (Å²) in [6.07, 6.45) is 0. The molecule has 2 aromatic rings. The highest BCUT2D eigenvalue weighted by atomic mass is 16.6. The minimum absolute atomic E-state index is 0.0186. The summed E-state index contributed by atoms with van der Waals surface area (Å²) in [7, 11) is 0. The van der Waals surface area contributed by atoms with Gasteiger partial charge < -0.3 is 19.8 Å². The fourth-order valence-electron chi connectivity index (χ4n) is 2.82. The summed E-state index contributed by atoms with van der Waals surface area (Å²) in [6, 6.07) is 7.78. The number of hydrogen-bond donors (Lipinski definition) is 1. The number of rotatable bonds is 3. The van der Waals surface area contributed by atoms with Crippen LogP contribution in [0.5, 0.6) is 11.5 Å². The van der Waals surface area contributed by atoms with E-state index in [2.05, 4.69) is 0 Å². The summed E-state index contributed by atoms with van der Waals surface area (Å²) < 4.78 is 12.9. The highest BCUT2D eigenvalue weighted by Gasteiger charge is 2.16. The lowest BCUT2D eigenvalue weighted by molar-refractivity contribution is 0.171. The molecule has 1 aromatic carbocycles. The van der Waals surface area contributed by atoms with E-state index in [0.29, 0.717) is 25.3 Å². The Morgan fingerprint density at radius 1 is 1.18 bits per heavy atom. The first-order chi connectivity index (χ1) is 10.7. The predicted octanol–water partition coefficient (Wildman–Crippen LogP) is 2.07. The summed E-state index contributed by atoms with van der Waals surface area (Å²) in [4.78, 5) is 12.6. The van der Waals surface area contributed by atoms with Crippen LogP contribution in [0.3, 0.4) is 0 Å². The van der Waals surface area contributed by atoms with Crippen molar-refractivity contribution in [1.29, 1.82) is 0 Å². The van der Waals surface area contributed by atoms with Gasteiger partial charge in [0, 0.05) is 24.2 Å². The minimum atomic E-state index is -0.0186. The topological polar surface area (TPSA) is 66.5 Å². The molecule has 0 fully saturated rings. The van der Waals surface area contributed by atoms with Gasteiger partial charge in [0.05, 0.1) is 5.69 Å². The largest absolute Gasteiger partial charge is 0.486 e. The molecule has 3 rings (SSSR count). The number of aromatic nitrogens is 1. The molecule has 1 aromatic heterocycles. The lowest BCUT2D eigenvalue weighted by Gasteiger charge is -2.20. The summed E-state index contributed by atoms with van der Waals surface area (Å²) in [5, 5.41) is 0. The molecule has 0 saturated heterocycles. The van der Waals surface area contributed by atoms with Gasteiger partial charge in [-0.2, -0.15) is 0 Å². The Bertz CT molecular complexity index is 765. The number of aryl methyl sites for hydroxylation is 1. The second kappa shape index (κ2) is 5.85. The van der Waals surface area contributed by atoms with E-state index >= 15 is 0 Å². The molecule has 0 amide bonds. The van der Waals surface area contributed by atoms with Crippen molar-refractivity contribution >= 4 is 0 Å². The minimum Gasteiger partial charge on any atom is -0.486 e. The summed E-state index contributed by atoms with van der Waals surface area (Å²) in [5.41, 5.74) is 9.09. The molecule has 0 aliphatic carbocycles. The highest BCUT2D eigenvalue weighted by Crippen LogP contribution is 2.34. The molecule has 5 nitrogen and oxygen atoms in total. The first kappa shape index (κ1) is 14.7. The van der Waals surface area contributed by atoms with Gasteiger partial charge >= 0.3 is 0 Å². The zero-order valence-corrected chi connectivity index (χ0v) is 12.9. The second-order valence-electron chi connectivity index (χ2n) is 5.30. The number of nitrogens with two attached hydrogens (primary N) is 1. The molecule has 5 heteroatoms. The molecule has 1 aliphatic heterocycles. The van der Waals surface area contributed by atoms with Crippen molar-refractivity contribution in [2.75, 3.05) is 13.2 Å². The molecule has 0 spiro atoms. The third kappa shape index (κ3) is 2.37. The first-order valence-corrected chi connectivity index (χ1v) is 7.49. The Hall–Kier alpha value is -2.27. The predicted molar refractivity (Wildman–Crippen MR) is 85.4 cm³/mol. The van der Waals surface area contributed by atoms with Crippen molar-refractivity contribution in [2.45, 2.75) is 26.9 Å². The molecule has 0 saturated carbocycles. The maximum Gasteiger partial charge on any atom is 0.255 e. The van der Waals surface area contributed by atoms with E-state index in [-0.39, 0.29) is 12.1 Å². The maximum absolute atomic E-state index is 12.6. The third-order valence-electron chi connectivity index (χ3n) is 3.98. The monoisotopic (exact) mass is 300 g/mol. The van der Waals surface area contributed by atoms with E-state index in [1.807, 2.05) is 38.1 Å². The molecular weight excluding hydrogens is 280 g/mol. The number of pyridine rings is 1. The van der Waals surface area contributed by atoms with Gasteiger partial charge in [0.15, 0.2) is 11.5 Å². The van der Waals surface area contributed by atoms with Crippen molar-refractivity contribution in [1.82, 2.24) is 4.57 Å². The van der Waals surface area contributed by atoms with Crippen molar-refractivity contribution < 1.29 is 9.47 Å². The average Bonchev–Trinajstić information content (AvgIpc) is 2.54. The van der Waals surface area contributed by atoms with Gasteiger partial charge in [-0.15, -0.1) is 0 Å². The van der Waals surface area contributed by atoms with E-state index in [1.165, 1.54) is 0 Å². The van der Waals surface area contributed by atoms with Gasteiger partial charge in [0.1, 0.15) is 13.2 Å². The zero-order valence-electron chi connectivity index (χ0n) is 12.9. The zero-order chi connectivity index (χ0) is 15.7. The Balaban J connectivity index is 2.18. The fraction of sp³-hybridized carbons (Fsp3) is 0.353. The standard InChI is InChI=1S/C17H20N2O3/c1-3-19-14(8-11(2)13(10-18)17(19)20)12-4-5-15-16(9-12)22-7-6-21-15/h4-5,8-9H,3,6-7,10,18H2,1-2H3. The quantitative estimate of drug-likeness (QED) is 0.942. The normalized spacial score (nSPS) is 13.2. The van der Waals surface area contributed by atoms with Crippen LogP contribution in [-0.2, 0) is 13.1 Å². The first-order valence-electron chi connectivity index (χ1n) is 7.49. The number of hydrogen-bond acceptors (Lipinski definition) is 4. The molecule has 2 N–H and O–H groups in total. The van der Waals surface area contributed by atoms with Crippen molar-refractivity contribution in [3.05, 3.63) is 45.7 Å². The lowest BCUT2D eigenvalue weighted by Crippen LogP contribution is -2.27. The van der Waals surface area contributed by atoms with Crippen LogP contribution in [0.15, 0.2) is 29.1 Å². The van der Waals surface area contributed by atoms with Crippen molar-refractivity contribution in [3.63, 3.8) is 0 Å². The van der Waals surface area contributed by atoms with E-state index in [1.54, 1.807) is 4.57 Å². The van der Waals surface area contributed by atoms with Gasteiger partial charge in [-0.05, 0) is 43.7 Å². The van der Waals surface area contributed by atoms with E-state index < -0.39 is 0 Å². The van der Waals surface area contributed by atoms with Gasteiger partial charge in [0.2, 0.25) is 0 Å². The Kier molecular flexibility index (Phi) is 3.90. The molecule has 22 heavy (non-hydrogen) atoms. The molecule has 0 unspecified atom stereocenters. The van der Waals surface area contributed by atoms with Crippen molar-refractivity contribution in [3.8, 4) is 22.8 Å². The van der Waals surface area contributed by atoms with Gasteiger partial charge in [-0.3, -0.25) is 4.79 Å². The van der Waals surface area contributed by atoms with Crippen LogP contribution in [0.2, 0.25) is 0 Å². The molecule has 2 heterocycles. The Morgan fingerprint density at radius 3 is 2.59 bits per heavy atom. The van der Waals surface area contributed by atoms with Gasteiger partial charge in [-0.1, -0.05) is 0 Å². The Labute approximate surface area is 129 Å². The van der Waals surface area contributed by atoms with Gasteiger partial charge in [0.25, 0.3) is 5.56 Å². The number of fused-ring (bicyclic) bond motifs is 1. The highest BCUT2D eigenvalue weighted by molar-refractivity contribution is 5.65. The van der Waals surface area contributed by atoms with E-state index in [9.17, 15) is 4.79 Å². The lowest BCUT2D eigenvalue weighted by atomic mass is 10.0. The average molecular weight is 300 g/mol. The van der Waals surface area contributed by atoms with Crippen LogP contribution in [0.1, 0.15) is 18.1 Å². The SMILES string of the molecule is CCn1c(-c2ccc3c(c2)OCCO3)cc(C)c(CN)c1=O. The van der Waals surface area contributed by atoms with Crippen LogP contribution in [0.25, 0.3) is 11.3 Å². The molecule has 1 aliphatic rings. The van der Waals surface area contributed by atoms with Crippen molar-refractivity contribution in [2.24, 2.45) is 5.73 Å².